The topological polar surface area (TPSA) is 74.6 Å². The Balaban J connectivity index is 1.99. The molecule has 0 aliphatic carbocycles. The predicted molar refractivity (Wildman–Crippen MR) is 69.1 cm³/mol. The molecule has 1 fully saturated rings. The number of rotatable bonds is 4. The number of benzene rings is 1. The lowest BCUT2D eigenvalue weighted by atomic mass is 10.1. The van der Waals surface area contributed by atoms with Crippen molar-refractivity contribution in [1.29, 1.82) is 0 Å². The maximum absolute atomic E-state index is 13.6. The minimum atomic E-state index is -0.917. The number of alkyl halides is 1. The zero-order chi connectivity index (χ0) is 13.5. The van der Waals surface area contributed by atoms with Gasteiger partial charge in [-0.2, -0.15) is 0 Å². The Kier molecular flexibility index (Phi) is 5.15. The Morgan fingerprint density at radius 2 is 2.16 bits per heavy atom. The molecule has 1 aromatic rings. The van der Waals surface area contributed by atoms with Gasteiger partial charge in [-0.1, -0.05) is 35.4 Å². The highest BCUT2D eigenvalue weighted by Crippen LogP contribution is 2.16. The van der Waals surface area contributed by atoms with Crippen LogP contribution in [-0.2, 0) is 11.3 Å². The van der Waals surface area contributed by atoms with Crippen molar-refractivity contribution >= 4 is 0 Å². The number of halogens is 1. The van der Waals surface area contributed by atoms with Crippen molar-refractivity contribution in [3.8, 4) is 0 Å². The fourth-order valence-electron chi connectivity index (χ4n) is 2.25. The number of ether oxygens (including phenoxy) is 1. The lowest BCUT2D eigenvalue weighted by molar-refractivity contribution is -0.658. The molecule has 0 amide bonds. The summed E-state index contributed by atoms with van der Waals surface area (Å²) in [5, 5.41) is 5.57. The molecule has 2 N–H and O–H groups in total. The molecule has 0 aromatic heterocycles. The van der Waals surface area contributed by atoms with Crippen LogP contribution in [0.2, 0.25) is 0 Å². The average molecular weight is 265 g/mol. The fourth-order valence-corrected chi connectivity index (χ4v) is 2.25. The lowest BCUT2D eigenvalue weighted by Crippen LogP contribution is -2.87. The molecule has 1 aliphatic heterocycles. The lowest BCUT2D eigenvalue weighted by Gasteiger charge is -2.20. The molecule has 5 nitrogen and oxygen atoms in total. The van der Waals surface area contributed by atoms with E-state index in [1.165, 1.54) is 0 Å². The van der Waals surface area contributed by atoms with E-state index in [2.05, 4.69) is 10.0 Å². The number of nitrogens with two attached hydrogens (primary N) is 1. The number of azide groups is 1. The first kappa shape index (κ1) is 13.8. The molecule has 3 atom stereocenters. The number of hydrogen-bond donors (Lipinski definition) is 1. The smallest absolute Gasteiger partial charge is 0.151 e. The molecule has 1 aromatic carbocycles. The van der Waals surface area contributed by atoms with Crippen LogP contribution in [0.1, 0.15) is 12.0 Å². The highest BCUT2D eigenvalue weighted by molar-refractivity contribution is 5.13. The van der Waals surface area contributed by atoms with Crippen molar-refractivity contribution in [2.24, 2.45) is 5.11 Å². The molecule has 0 unspecified atom stereocenters. The van der Waals surface area contributed by atoms with Gasteiger partial charge in [0.15, 0.2) is 6.17 Å². The van der Waals surface area contributed by atoms with Gasteiger partial charge in [0.2, 0.25) is 0 Å². The molecular weight excluding hydrogens is 247 g/mol. The summed E-state index contributed by atoms with van der Waals surface area (Å²) in [6.07, 6.45) is -0.989. The minimum Gasteiger partial charge on any atom is -0.373 e. The highest BCUT2D eigenvalue weighted by Gasteiger charge is 2.30. The maximum Gasteiger partial charge on any atom is 0.151 e. The van der Waals surface area contributed by atoms with Gasteiger partial charge in [-0.3, -0.25) is 0 Å². The van der Waals surface area contributed by atoms with Gasteiger partial charge in [0.05, 0.1) is 19.3 Å². The Hall–Kier alpha value is -1.62. The van der Waals surface area contributed by atoms with Crippen molar-refractivity contribution in [3.05, 3.63) is 46.3 Å². The molecule has 0 saturated carbocycles. The van der Waals surface area contributed by atoms with Crippen LogP contribution in [0.15, 0.2) is 35.4 Å². The first-order valence-electron chi connectivity index (χ1n) is 6.45. The monoisotopic (exact) mass is 265 g/mol. The van der Waals surface area contributed by atoms with Gasteiger partial charge in [0.25, 0.3) is 0 Å². The van der Waals surface area contributed by atoms with Crippen LogP contribution in [0.5, 0.6) is 0 Å². The summed E-state index contributed by atoms with van der Waals surface area (Å²) in [7, 11) is 0. The van der Waals surface area contributed by atoms with Crippen LogP contribution in [0, 0.1) is 0 Å². The Morgan fingerprint density at radius 3 is 2.89 bits per heavy atom. The Morgan fingerprint density at radius 1 is 1.37 bits per heavy atom. The summed E-state index contributed by atoms with van der Waals surface area (Å²) in [4.78, 5) is 2.83. The molecule has 1 saturated heterocycles. The normalized spacial score (nSPS) is 27.3. The van der Waals surface area contributed by atoms with E-state index in [0.717, 1.165) is 5.56 Å². The predicted octanol–water partition coefficient (Wildman–Crippen LogP) is 1.56. The minimum absolute atomic E-state index is 0.285. The van der Waals surface area contributed by atoms with E-state index in [1.807, 2.05) is 35.6 Å². The average Bonchev–Trinajstić information content (AvgIpc) is 2.60. The molecule has 2 rings (SSSR count). The summed E-state index contributed by atoms with van der Waals surface area (Å²) in [5.41, 5.74) is 9.61. The van der Waals surface area contributed by atoms with Crippen LogP contribution < -0.4 is 5.32 Å². The number of hydrogen-bond acceptors (Lipinski definition) is 2. The van der Waals surface area contributed by atoms with Gasteiger partial charge in [0.1, 0.15) is 12.6 Å². The van der Waals surface area contributed by atoms with Gasteiger partial charge in [-0.15, -0.1) is 0 Å². The second-order valence-corrected chi connectivity index (χ2v) is 4.70. The zero-order valence-electron chi connectivity index (χ0n) is 10.7. The van der Waals surface area contributed by atoms with Gasteiger partial charge in [-0.25, -0.2) is 4.39 Å². The van der Waals surface area contributed by atoms with Crippen LogP contribution in [0.4, 0.5) is 4.39 Å². The zero-order valence-corrected chi connectivity index (χ0v) is 10.7. The molecule has 0 radical (unpaired) electrons. The van der Waals surface area contributed by atoms with Gasteiger partial charge in [0, 0.05) is 11.3 Å². The molecule has 6 heteroatoms. The van der Waals surface area contributed by atoms with E-state index in [4.69, 9.17) is 10.3 Å². The summed E-state index contributed by atoms with van der Waals surface area (Å²) in [5.74, 6) is 0. The van der Waals surface area contributed by atoms with Crippen LogP contribution in [0.25, 0.3) is 10.4 Å². The van der Waals surface area contributed by atoms with Crippen molar-refractivity contribution in [2.45, 2.75) is 31.3 Å². The molecular formula is C13H18FN4O+. The van der Waals surface area contributed by atoms with E-state index in [1.54, 1.807) is 0 Å². The molecule has 0 spiro atoms. The van der Waals surface area contributed by atoms with Crippen LogP contribution in [-0.4, -0.2) is 31.4 Å². The third-order valence-electron chi connectivity index (χ3n) is 3.25. The number of quaternary nitrogens is 1. The van der Waals surface area contributed by atoms with E-state index in [9.17, 15) is 4.39 Å². The van der Waals surface area contributed by atoms with E-state index in [0.29, 0.717) is 19.7 Å². The van der Waals surface area contributed by atoms with Gasteiger partial charge >= 0.3 is 0 Å². The largest absolute Gasteiger partial charge is 0.373 e. The third-order valence-corrected chi connectivity index (χ3v) is 3.25. The highest BCUT2D eigenvalue weighted by atomic mass is 19.1. The summed E-state index contributed by atoms with van der Waals surface area (Å²) >= 11 is 0. The summed E-state index contributed by atoms with van der Waals surface area (Å²) in [6.45, 7) is 1.39. The first-order chi connectivity index (χ1) is 9.29. The van der Waals surface area contributed by atoms with Crippen LogP contribution >= 0.6 is 0 Å². The Bertz CT molecular complexity index is 436. The second kappa shape index (κ2) is 7.09. The summed E-state index contributed by atoms with van der Waals surface area (Å²) < 4.78 is 19.3. The van der Waals surface area contributed by atoms with Crippen molar-refractivity contribution in [2.75, 3.05) is 13.1 Å². The van der Waals surface area contributed by atoms with E-state index in [-0.39, 0.29) is 18.6 Å². The molecule has 1 heterocycles. The first-order valence-corrected chi connectivity index (χ1v) is 6.45. The van der Waals surface area contributed by atoms with E-state index >= 15 is 0 Å². The Labute approximate surface area is 111 Å². The fraction of sp³-hybridized carbons (Fsp3) is 0.538. The van der Waals surface area contributed by atoms with Crippen molar-refractivity contribution in [1.82, 2.24) is 0 Å². The summed E-state index contributed by atoms with van der Waals surface area (Å²) in [6, 6.07) is 9.40. The molecule has 19 heavy (non-hydrogen) atoms. The van der Waals surface area contributed by atoms with Crippen molar-refractivity contribution in [3.63, 3.8) is 0 Å². The second-order valence-electron chi connectivity index (χ2n) is 4.70. The standard InChI is InChI=1S/C13H17FN4O/c14-11-6-13(12(17-18-15)8-16-7-11)19-9-10-4-2-1-3-5-10/h1-5,11-13,16H,6-9H2/p+1/t11-,12+,13+/m0/s1. The molecule has 1 aliphatic rings. The molecule has 0 bridgehead atoms. The van der Waals surface area contributed by atoms with E-state index < -0.39 is 6.17 Å². The van der Waals surface area contributed by atoms with Crippen molar-refractivity contribution < 1.29 is 14.4 Å². The van der Waals surface area contributed by atoms with Crippen LogP contribution in [0.3, 0.4) is 0 Å². The molecule has 102 valence electrons. The number of nitrogens with zero attached hydrogens (tertiary/aromatic N) is 3. The quantitative estimate of drug-likeness (QED) is 0.500. The SMILES string of the molecule is [N-]=[N+]=N[C@@H]1C[NH2+]C[C@@H](F)C[C@H]1OCc1ccccc1. The maximum atomic E-state index is 13.6. The van der Waals surface area contributed by atoms with Gasteiger partial charge < -0.3 is 10.1 Å². The third kappa shape index (κ3) is 4.21. The van der Waals surface area contributed by atoms with Gasteiger partial charge in [-0.05, 0) is 11.1 Å².